The Morgan fingerprint density at radius 3 is 2.83 bits per heavy atom. The summed E-state index contributed by atoms with van der Waals surface area (Å²) in [5.74, 6) is 2.13. The lowest BCUT2D eigenvalue weighted by atomic mass is 10.1. The number of amides is 1. The summed E-state index contributed by atoms with van der Waals surface area (Å²) in [7, 11) is 0. The first-order valence-electron chi connectivity index (χ1n) is 8.34. The minimum Gasteiger partial charge on any atom is -0.441 e. The molecule has 0 radical (unpaired) electrons. The van der Waals surface area contributed by atoms with Gasteiger partial charge in [0.05, 0.1) is 6.20 Å². The Bertz CT molecular complexity index is 701. The van der Waals surface area contributed by atoms with Crippen molar-refractivity contribution >= 4 is 5.91 Å². The van der Waals surface area contributed by atoms with Crippen LogP contribution in [-0.4, -0.2) is 16.9 Å². The molecule has 3 rings (SSSR count). The van der Waals surface area contributed by atoms with E-state index in [0.717, 1.165) is 11.3 Å². The van der Waals surface area contributed by atoms with Gasteiger partial charge in [-0.1, -0.05) is 12.1 Å². The van der Waals surface area contributed by atoms with Gasteiger partial charge in [-0.3, -0.25) is 4.79 Å². The van der Waals surface area contributed by atoms with Gasteiger partial charge in [0.1, 0.15) is 0 Å². The number of oxazole rings is 1. The molecule has 0 unspecified atom stereocenters. The zero-order chi connectivity index (χ0) is 16.4. The number of nitrogens with one attached hydrogen (secondary N) is 1. The topological polar surface area (TPSA) is 55.1 Å². The quantitative estimate of drug-likeness (QED) is 0.882. The molecule has 1 amide bonds. The van der Waals surface area contributed by atoms with Gasteiger partial charge in [-0.15, -0.1) is 0 Å². The van der Waals surface area contributed by atoms with Crippen molar-refractivity contribution in [2.45, 2.75) is 52.5 Å². The van der Waals surface area contributed by atoms with Gasteiger partial charge in [-0.05, 0) is 56.7 Å². The molecule has 1 aliphatic carbocycles. The molecule has 4 nitrogen and oxygen atoms in total. The maximum absolute atomic E-state index is 11.9. The van der Waals surface area contributed by atoms with E-state index in [0.29, 0.717) is 24.7 Å². The number of rotatable bonds is 6. The predicted octanol–water partition coefficient (Wildman–Crippen LogP) is 3.81. The number of benzene rings is 1. The van der Waals surface area contributed by atoms with E-state index < -0.39 is 0 Å². The normalized spacial score (nSPS) is 15.4. The molecule has 1 aliphatic rings. The number of hydrogen-bond donors (Lipinski definition) is 1. The van der Waals surface area contributed by atoms with Crippen LogP contribution in [0.25, 0.3) is 11.3 Å². The van der Waals surface area contributed by atoms with Gasteiger partial charge in [0.15, 0.2) is 11.7 Å². The smallest absolute Gasteiger partial charge is 0.220 e. The lowest BCUT2D eigenvalue weighted by Crippen LogP contribution is -2.34. The zero-order valence-electron chi connectivity index (χ0n) is 14.1. The molecule has 1 aromatic heterocycles. The van der Waals surface area contributed by atoms with Crippen molar-refractivity contribution in [3.63, 3.8) is 0 Å². The van der Waals surface area contributed by atoms with Crippen molar-refractivity contribution in [2.24, 2.45) is 5.92 Å². The lowest BCUT2D eigenvalue weighted by Gasteiger charge is -2.11. The van der Waals surface area contributed by atoms with E-state index in [1.165, 1.54) is 24.0 Å². The van der Waals surface area contributed by atoms with Crippen molar-refractivity contribution < 1.29 is 9.21 Å². The number of aryl methyl sites for hydroxylation is 3. The van der Waals surface area contributed by atoms with E-state index in [4.69, 9.17) is 4.42 Å². The average Bonchev–Trinajstić information content (AvgIpc) is 3.27. The fourth-order valence-electron chi connectivity index (χ4n) is 2.71. The number of hydrogen-bond acceptors (Lipinski definition) is 3. The Hall–Kier alpha value is -2.10. The molecule has 23 heavy (non-hydrogen) atoms. The number of carbonyl (C=O) groups excluding carboxylic acids is 1. The molecule has 1 saturated carbocycles. The second-order valence-electron chi connectivity index (χ2n) is 6.61. The van der Waals surface area contributed by atoms with Crippen molar-refractivity contribution in [3.8, 4) is 11.3 Å². The molecule has 1 aromatic carbocycles. The Morgan fingerprint density at radius 1 is 1.35 bits per heavy atom. The molecule has 1 atom stereocenters. The van der Waals surface area contributed by atoms with Gasteiger partial charge in [0, 0.05) is 24.4 Å². The van der Waals surface area contributed by atoms with Crippen molar-refractivity contribution in [1.29, 1.82) is 0 Å². The molecule has 2 aromatic rings. The summed E-state index contributed by atoms with van der Waals surface area (Å²) < 4.78 is 5.79. The zero-order valence-corrected chi connectivity index (χ0v) is 14.1. The third kappa shape index (κ3) is 4.01. The molecule has 0 bridgehead atoms. The summed E-state index contributed by atoms with van der Waals surface area (Å²) in [6, 6.07) is 6.51. The van der Waals surface area contributed by atoms with Crippen LogP contribution >= 0.6 is 0 Å². The number of carbonyl (C=O) groups is 1. The lowest BCUT2D eigenvalue weighted by molar-refractivity contribution is -0.121. The van der Waals surface area contributed by atoms with Gasteiger partial charge < -0.3 is 9.73 Å². The van der Waals surface area contributed by atoms with E-state index in [9.17, 15) is 4.79 Å². The van der Waals surface area contributed by atoms with Crippen LogP contribution in [0.15, 0.2) is 28.8 Å². The summed E-state index contributed by atoms with van der Waals surface area (Å²) in [5.41, 5.74) is 3.52. The number of aromatic nitrogens is 1. The van der Waals surface area contributed by atoms with Gasteiger partial charge in [0.25, 0.3) is 0 Å². The molecular weight excluding hydrogens is 288 g/mol. The van der Waals surface area contributed by atoms with Crippen LogP contribution in [0.3, 0.4) is 0 Å². The van der Waals surface area contributed by atoms with E-state index in [1.807, 2.05) is 6.07 Å². The van der Waals surface area contributed by atoms with Crippen molar-refractivity contribution in [1.82, 2.24) is 10.3 Å². The highest BCUT2D eigenvalue weighted by Gasteiger charge is 2.28. The van der Waals surface area contributed by atoms with Crippen molar-refractivity contribution in [3.05, 3.63) is 41.4 Å². The molecule has 0 spiro atoms. The second-order valence-corrected chi connectivity index (χ2v) is 6.61. The second kappa shape index (κ2) is 6.57. The summed E-state index contributed by atoms with van der Waals surface area (Å²) >= 11 is 0. The Labute approximate surface area is 137 Å². The molecular formula is C19H24N2O2. The molecule has 122 valence electrons. The van der Waals surface area contributed by atoms with Gasteiger partial charge in [-0.2, -0.15) is 0 Å². The first kappa shape index (κ1) is 15.8. The fraction of sp³-hybridized carbons (Fsp3) is 0.474. The predicted molar refractivity (Wildman–Crippen MR) is 90.1 cm³/mol. The minimum absolute atomic E-state index is 0.0790. The maximum Gasteiger partial charge on any atom is 0.220 e. The number of nitrogens with zero attached hydrogens (tertiary/aromatic N) is 1. The molecule has 1 N–H and O–H groups in total. The summed E-state index contributed by atoms with van der Waals surface area (Å²) in [5, 5.41) is 3.06. The van der Waals surface area contributed by atoms with Crippen LogP contribution in [0.4, 0.5) is 0 Å². The molecule has 0 saturated heterocycles. The standard InChI is InChI=1S/C19H24N2O2/c1-12-4-5-16(10-13(12)2)17-11-20-19(23-17)9-8-18(22)21-14(3)15-6-7-15/h4-5,10-11,14-15H,6-9H2,1-3H3,(H,21,22)/t14-/m0/s1. The first-order chi connectivity index (χ1) is 11.0. The fourth-order valence-corrected chi connectivity index (χ4v) is 2.71. The SMILES string of the molecule is Cc1ccc(-c2cnc(CCC(=O)N[C@@H](C)C3CC3)o2)cc1C. The van der Waals surface area contributed by atoms with Crippen LogP contribution < -0.4 is 5.32 Å². The van der Waals surface area contributed by atoms with E-state index >= 15 is 0 Å². The third-order valence-electron chi connectivity index (χ3n) is 4.63. The van der Waals surface area contributed by atoms with Crippen LogP contribution in [0.5, 0.6) is 0 Å². The molecule has 1 fully saturated rings. The van der Waals surface area contributed by atoms with Crippen LogP contribution in [0.1, 0.15) is 43.2 Å². The highest BCUT2D eigenvalue weighted by atomic mass is 16.4. The van der Waals surface area contributed by atoms with Crippen molar-refractivity contribution in [2.75, 3.05) is 0 Å². The molecule has 1 heterocycles. The molecule has 0 aliphatic heterocycles. The largest absolute Gasteiger partial charge is 0.441 e. The first-order valence-corrected chi connectivity index (χ1v) is 8.34. The Kier molecular flexibility index (Phi) is 4.51. The van der Waals surface area contributed by atoms with E-state index in [-0.39, 0.29) is 11.9 Å². The monoisotopic (exact) mass is 312 g/mol. The Balaban J connectivity index is 1.56. The van der Waals surface area contributed by atoms with E-state index in [2.05, 4.69) is 43.2 Å². The minimum atomic E-state index is 0.0790. The summed E-state index contributed by atoms with van der Waals surface area (Å²) in [6.45, 7) is 6.26. The van der Waals surface area contributed by atoms with Crippen LogP contribution in [0, 0.1) is 19.8 Å². The highest BCUT2D eigenvalue weighted by molar-refractivity contribution is 5.76. The van der Waals surface area contributed by atoms with Gasteiger partial charge in [0.2, 0.25) is 5.91 Å². The van der Waals surface area contributed by atoms with E-state index in [1.54, 1.807) is 6.20 Å². The third-order valence-corrected chi connectivity index (χ3v) is 4.63. The Morgan fingerprint density at radius 2 is 2.13 bits per heavy atom. The van der Waals surface area contributed by atoms with Crippen LogP contribution in [-0.2, 0) is 11.2 Å². The molecule has 4 heteroatoms. The summed E-state index contributed by atoms with van der Waals surface area (Å²) in [4.78, 5) is 16.2. The highest BCUT2D eigenvalue weighted by Crippen LogP contribution is 2.32. The average molecular weight is 312 g/mol. The summed E-state index contributed by atoms with van der Waals surface area (Å²) in [6.07, 6.45) is 5.17. The maximum atomic E-state index is 11.9. The van der Waals surface area contributed by atoms with Gasteiger partial charge in [-0.25, -0.2) is 4.98 Å². The van der Waals surface area contributed by atoms with Gasteiger partial charge >= 0.3 is 0 Å². The van der Waals surface area contributed by atoms with Crippen LogP contribution in [0.2, 0.25) is 0 Å².